The maximum atomic E-state index is 12.5. The number of carbonyl (C=O) groups excluding carboxylic acids is 1. The predicted octanol–water partition coefficient (Wildman–Crippen LogP) is 3.76. The maximum absolute atomic E-state index is 12.5. The topological polar surface area (TPSA) is 74.8 Å². The van der Waals surface area contributed by atoms with E-state index in [1.807, 2.05) is 24.3 Å². The van der Waals surface area contributed by atoms with Gasteiger partial charge in [-0.1, -0.05) is 48.9 Å². The van der Waals surface area contributed by atoms with E-state index in [1.54, 1.807) is 0 Å². The minimum atomic E-state index is -0.0664. The first-order valence-electron chi connectivity index (χ1n) is 11.6. The Hall–Kier alpha value is -2.86. The smallest absolute Gasteiger partial charge is 0.251 e. The molecule has 0 aliphatic carbocycles. The zero-order valence-electron chi connectivity index (χ0n) is 19.5. The van der Waals surface area contributed by atoms with Crippen LogP contribution in [0, 0.1) is 6.92 Å². The van der Waals surface area contributed by atoms with Gasteiger partial charge in [-0.05, 0) is 55.9 Å². The molecule has 0 spiro atoms. The third kappa shape index (κ3) is 7.38. The Labute approximate surface area is 191 Å². The normalized spacial score (nSPS) is 17.1. The Bertz CT molecular complexity index is 889. The van der Waals surface area contributed by atoms with Crippen LogP contribution in [0.3, 0.4) is 0 Å². The SMILES string of the molecule is CCNC(=NCc1cccc(C(=O)NCC2CCCO2)c1)NCC(C)c1ccc(C)cc1. The summed E-state index contributed by atoms with van der Waals surface area (Å²) in [5.41, 5.74) is 4.23. The van der Waals surface area contributed by atoms with Crippen LogP contribution in [0.1, 0.15) is 59.7 Å². The van der Waals surface area contributed by atoms with Gasteiger partial charge in [0.2, 0.25) is 0 Å². The summed E-state index contributed by atoms with van der Waals surface area (Å²) in [5, 5.41) is 9.72. The molecule has 1 amide bonds. The van der Waals surface area contributed by atoms with E-state index in [2.05, 4.69) is 61.0 Å². The number of carbonyl (C=O) groups is 1. The van der Waals surface area contributed by atoms with Crippen molar-refractivity contribution in [2.24, 2.45) is 4.99 Å². The van der Waals surface area contributed by atoms with E-state index in [9.17, 15) is 4.79 Å². The Morgan fingerprint density at radius 2 is 1.97 bits per heavy atom. The van der Waals surface area contributed by atoms with Gasteiger partial charge in [-0.3, -0.25) is 4.79 Å². The van der Waals surface area contributed by atoms with E-state index in [1.165, 1.54) is 11.1 Å². The van der Waals surface area contributed by atoms with E-state index in [4.69, 9.17) is 9.73 Å². The number of guanidine groups is 1. The Morgan fingerprint density at radius 3 is 2.69 bits per heavy atom. The third-order valence-corrected chi connectivity index (χ3v) is 5.69. The second-order valence-corrected chi connectivity index (χ2v) is 8.43. The first-order chi connectivity index (χ1) is 15.5. The van der Waals surface area contributed by atoms with E-state index in [0.717, 1.165) is 44.1 Å². The molecule has 0 saturated carbocycles. The van der Waals surface area contributed by atoms with Crippen molar-refractivity contribution in [1.29, 1.82) is 0 Å². The molecule has 3 rings (SSSR count). The minimum Gasteiger partial charge on any atom is -0.376 e. The summed E-state index contributed by atoms with van der Waals surface area (Å²) < 4.78 is 5.58. The predicted molar refractivity (Wildman–Crippen MR) is 130 cm³/mol. The van der Waals surface area contributed by atoms with Crippen LogP contribution in [-0.4, -0.2) is 44.2 Å². The summed E-state index contributed by atoms with van der Waals surface area (Å²) >= 11 is 0. The summed E-state index contributed by atoms with van der Waals surface area (Å²) in [6, 6.07) is 16.3. The first kappa shape index (κ1) is 23.8. The summed E-state index contributed by atoms with van der Waals surface area (Å²) in [6.07, 6.45) is 2.22. The van der Waals surface area contributed by atoms with Crippen molar-refractivity contribution in [2.45, 2.75) is 52.2 Å². The molecule has 1 aliphatic heterocycles. The van der Waals surface area contributed by atoms with Crippen molar-refractivity contribution in [3.63, 3.8) is 0 Å². The molecule has 2 unspecified atom stereocenters. The molecule has 0 bridgehead atoms. The summed E-state index contributed by atoms with van der Waals surface area (Å²) in [7, 11) is 0. The molecule has 3 N–H and O–H groups in total. The molecule has 6 nitrogen and oxygen atoms in total. The summed E-state index contributed by atoms with van der Waals surface area (Å²) in [6.45, 7) is 9.80. The van der Waals surface area contributed by atoms with Gasteiger partial charge in [-0.2, -0.15) is 0 Å². The number of ether oxygens (including phenoxy) is 1. The molecular formula is C26H36N4O2. The lowest BCUT2D eigenvalue weighted by atomic mass is 10.0. The van der Waals surface area contributed by atoms with Crippen LogP contribution in [0.5, 0.6) is 0 Å². The second-order valence-electron chi connectivity index (χ2n) is 8.43. The number of aliphatic imine (C=N–C) groups is 1. The Morgan fingerprint density at radius 1 is 1.16 bits per heavy atom. The van der Waals surface area contributed by atoms with Crippen LogP contribution < -0.4 is 16.0 Å². The van der Waals surface area contributed by atoms with Crippen LogP contribution in [0.4, 0.5) is 0 Å². The lowest BCUT2D eigenvalue weighted by molar-refractivity contribution is 0.0857. The molecule has 6 heteroatoms. The van der Waals surface area contributed by atoms with Crippen molar-refractivity contribution in [1.82, 2.24) is 16.0 Å². The van der Waals surface area contributed by atoms with Crippen molar-refractivity contribution in [3.8, 4) is 0 Å². The summed E-state index contributed by atoms with van der Waals surface area (Å²) in [4.78, 5) is 17.2. The quantitative estimate of drug-likeness (QED) is 0.413. The molecule has 2 aromatic rings. The van der Waals surface area contributed by atoms with Crippen molar-refractivity contribution >= 4 is 11.9 Å². The fourth-order valence-corrected chi connectivity index (χ4v) is 3.70. The highest BCUT2D eigenvalue weighted by Gasteiger charge is 2.16. The lowest BCUT2D eigenvalue weighted by Crippen LogP contribution is -2.39. The van der Waals surface area contributed by atoms with E-state index >= 15 is 0 Å². The van der Waals surface area contributed by atoms with Crippen molar-refractivity contribution in [2.75, 3.05) is 26.2 Å². The number of nitrogens with zero attached hydrogens (tertiary/aromatic N) is 1. The molecule has 1 heterocycles. The highest BCUT2D eigenvalue weighted by Crippen LogP contribution is 2.15. The average Bonchev–Trinajstić information content (AvgIpc) is 3.33. The van der Waals surface area contributed by atoms with E-state index in [-0.39, 0.29) is 12.0 Å². The molecule has 0 radical (unpaired) electrons. The van der Waals surface area contributed by atoms with Crippen LogP contribution >= 0.6 is 0 Å². The molecule has 1 saturated heterocycles. The number of hydrogen-bond acceptors (Lipinski definition) is 3. The van der Waals surface area contributed by atoms with Crippen molar-refractivity contribution in [3.05, 3.63) is 70.8 Å². The fraction of sp³-hybridized carbons (Fsp3) is 0.462. The molecule has 32 heavy (non-hydrogen) atoms. The van der Waals surface area contributed by atoms with Gasteiger partial charge < -0.3 is 20.7 Å². The summed E-state index contributed by atoms with van der Waals surface area (Å²) in [5.74, 6) is 1.08. The number of amides is 1. The first-order valence-corrected chi connectivity index (χ1v) is 11.6. The minimum absolute atomic E-state index is 0.0664. The number of nitrogens with one attached hydrogen (secondary N) is 3. The molecule has 2 aromatic carbocycles. The molecule has 0 aromatic heterocycles. The highest BCUT2D eigenvalue weighted by atomic mass is 16.5. The van der Waals surface area contributed by atoms with Gasteiger partial charge in [0.25, 0.3) is 5.91 Å². The van der Waals surface area contributed by atoms with Gasteiger partial charge in [0.15, 0.2) is 5.96 Å². The highest BCUT2D eigenvalue weighted by molar-refractivity contribution is 5.94. The van der Waals surface area contributed by atoms with Crippen molar-refractivity contribution < 1.29 is 9.53 Å². The Kier molecular flexibility index (Phi) is 9.11. The van der Waals surface area contributed by atoms with Gasteiger partial charge in [-0.15, -0.1) is 0 Å². The standard InChI is InChI=1S/C26H36N4O2/c1-4-27-26(29-16-20(3)22-12-10-19(2)11-13-22)30-17-21-7-5-8-23(15-21)25(31)28-18-24-9-6-14-32-24/h5,7-8,10-13,15,20,24H,4,6,9,14,16-18H2,1-3H3,(H,28,31)(H2,27,29,30). The molecule has 172 valence electrons. The van der Waals surface area contributed by atoms with E-state index in [0.29, 0.717) is 24.6 Å². The fourth-order valence-electron chi connectivity index (χ4n) is 3.70. The Balaban J connectivity index is 1.54. The molecular weight excluding hydrogens is 400 g/mol. The lowest BCUT2D eigenvalue weighted by Gasteiger charge is -2.16. The van der Waals surface area contributed by atoms with Crippen LogP contribution in [0.2, 0.25) is 0 Å². The van der Waals surface area contributed by atoms with Gasteiger partial charge in [-0.25, -0.2) is 4.99 Å². The number of hydrogen-bond donors (Lipinski definition) is 3. The number of rotatable bonds is 9. The number of aryl methyl sites for hydroxylation is 1. The largest absolute Gasteiger partial charge is 0.376 e. The monoisotopic (exact) mass is 436 g/mol. The van der Waals surface area contributed by atoms with E-state index < -0.39 is 0 Å². The molecule has 1 fully saturated rings. The molecule has 1 aliphatic rings. The van der Waals surface area contributed by atoms with Crippen LogP contribution in [0.25, 0.3) is 0 Å². The number of benzene rings is 2. The van der Waals surface area contributed by atoms with Gasteiger partial charge in [0, 0.05) is 31.8 Å². The van der Waals surface area contributed by atoms with Crippen LogP contribution in [0.15, 0.2) is 53.5 Å². The van der Waals surface area contributed by atoms with Crippen LogP contribution in [-0.2, 0) is 11.3 Å². The third-order valence-electron chi connectivity index (χ3n) is 5.69. The maximum Gasteiger partial charge on any atom is 0.251 e. The van der Waals surface area contributed by atoms with Gasteiger partial charge in [0.05, 0.1) is 12.6 Å². The molecule has 2 atom stereocenters. The van der Waals surface area contributed by atoms with Gasteiger partial charge >= 0.3 is 0 Å². The average molecular weight is 437 g/mol. The second kappa shape index (κ2) is 12.2. The zero-order valence-corrected chi connectivity index (χ0v) is 19.5. The van der Waals surface area contributed by atoms with Gasteiger partial charge in [0.1, 0.15) is 0 Å². The zero-order chi connectivity index (χ0) is 22.8.